The van der Waals surface area contributed by atoms with Crippen LogP contribution in [0, 0.1) is 5.92 Å². The molecular formula is C12H23N5OS. The van der Waals surface area contributed by atoms with Gasteiger partial charge in [0.05, 0.1) is 5.75 Å². The molecule has 0 radical (unpaired) electrons. The summed E-state index contributed by atoms with van der Waals surface area (Å²) in [5.74, 6) is 1.19. The smallest absolute Gasteiger partial charge is 0.230 e. The number of nitrogens with one attached hydrogen (secondary N) is 2. The Morgan fingerprint density at radius 3 is 2.89 bits per heavy atom. The molecule has 108 valence electrons. The lowest BCUT2D eigenvalue weighted by atomic mass is 9.99. The fourth-order valence-corrected chi connectivity index (χ4v) is 2.34. The second-order valence-electron chi connectivity index (χ2n) is 4.51. The molecule has 0 saturated carbocycles. The third-order valence-electron chi connectivity index (χ3n) is 2.95. The van der Waals surface area contributed by atoms with Crippen LogP contribution in [0.3, 0.4) is 0 Å². The van der Waals surface area contributed by atoms with Crippen molar-refractivity contribution in [1.82, 2.24) is 20.5 Å². The number of thioether (sulfide) groups is 1. The summed E-state index contributed by atoms with van der Waals surface area (Å²) in [6.07, 6.45) is 4.70. The summed E-state index contributed by atoms with van der Waals surface area (Å²) < 4.78 is 0. The quantitative estimate of drug-likeness (QED) is 0.601. The van der Waals surface area contributed by atoms with Crippen LogP contribution in [0.15, 0.2) is 5.16 Å². The normalized spacial score (nSPS) is 12.3. The molecule has 1 atom stereocenters. The van der Waals surface area contributed by atoms with Crippen molar-refractivity contribution in [3.8, 4) is 0 Å². The van der Waals surface area contributed by atoms with E-state index in [1.807, 2.05) is 0 Å². The number of nitrogens with two attached hydrogens (primary N) is 1. The Labute approximate surface area is 118 Å². The van der Waals surface area contributed by atoms with Crippen molar-refractivity contribution in [3.63, 3.8) is 0 Å². The van der Waals surface area contributed by atoms with Crippen LogP contribution in [-0.4, -0.2) is 33.4 Å². The van der Waals surface area contributed by atoms with Crippen molar-refractivity contribution >= 4 is 23.6 Å². The molecule has 0 aliphatic heterocycles. The highest BCUT2D eigenvalue weighted by Crippen LogP contribution is 2.13. The minimum Gasteiger partial charge on any atom is -0.368 e. The Morgan fingerprint density at radius 2 is 2.32 bits per heavy atom. The molecule has 1 aromatic rings. The van der Waals surface area contributed by atoms with Crippen molar-refractivity contribution in [2.24, 2.45) is 5.92 Å². The van der Waals surface area contributed by atoms with Gasteiger partial charge in [0.15, 0.2) is 0 Å². The van der Waals surface area contributed by atoms with E-state index in [9.17, 15) is 4.79 Å². The second kappa shape index (κ2) is 8.79. The van der Waals surface area contributed by atoms with Gasteiger partial charge in [-0.2, -0.15) is 4.98 Å². The van der Waals surface area contributed by atoms with Crippen LogP contribution in [0.2, 0.25) is 0 Å². The van der Waals surface area contributed by atoms with E-state index in [0.717, 1.165) is 13.0 Å². The monoisotopic (exact) mass is 285 g/mol. The van der Waals surface area contributed by atoms with Crippen molar-refractivity contribution in [1.29, 1.82) is 0 Å². The number of hydrogen-bond donors (Lipinski definition) is 3. The molecule has 19 heavy (non-hydrogen) atoms. The minimum absolute atomic E-state index is 0.0170. The number of amides is 1. The zero-order valence-corrected chi connectivity index (χ0v) is 12.4. The number of H-pyrrole nitrogens is 1. The zero-order chi connectivity index (χ0) is 14.1. The van der Waals surface area contributed by atoms with Gasteiger partial charge in [-0.3, -0.25) is 4.79 Å². The van der Waals surface area contributed by atoms with E-state index < -0.39 is 0 Å². The molecule has 1 amide bonds. The zero-order valence-electron chi connectivity index (χ0n) is 11.6. The van der Waals surface area contributed by atoms with E-state index in [4.69, 9.17) is 5.73 Å². The van der Waals surface area contributed by atoms with Gasteiger partial charge >= 0.3 is 0 Å². The first-order valence-electron chi connectivity index (χ1n) is 6.73. The average molecular weight is 285 g/mol. The number of hydrogen-bond acceptors (Lipinski definition) is 5. The number of aromatic nitrogens is 3. The molecule has 0 aliphatic rings. The van der Waals surface area contributed by atoms with Crippen LogP contribution < -0.4 is 11.1 Å². The van der Waals surface area contributed by atoms with Crippen LogP contribution >= 0.6 is 11.8 Å². The van der Waals surface area contributed by atoms with E-state index in [1.165, 1.54) is 31.0 Å². The number of carbonyl (C=O) groups is 1. The molecule has 4 N–H and O–H groups in total. The van der Waals surface area contributed by atoms with Crippen LogP contribution in [0.5, 0.6) is 0 Å². The van der Waals surface area contributed by atoms with Gasteiger partial charge < -0.3 is 11.1 Å². The molecule has 0 fully saturated rings. The molecule has 6 nitrogen and oxygen atoms in total. The fraction of sp³-hybridized carbons (Fsp3) is 0.750. The number of carbonyl (C=O) groups excluding carboxylic acids is 1. The lowest BCUT2D eigenvalue weighted by molar-refractivity contribution is -0.118. The van der Waals surface area contributed by atoms with E-state index in [-0.39, 0.29) is 11.9 Å². The standard InChI is InChI=1S/C12H23N5OS/c1-3-5-6-9(4-2)7-14-10(18)8-19-12-15-11(13)16-17-12/h9H,3-8H2,1-2H3,(H,14,18)(H3,13,15,16,17)/t9-/m0/s1. The van der Waals surface area contributed by atoms with E-state index in [2.05, 4.69) is 34.3 Å². The molecule has 0 unspecified atom stereocenters. The second-order valence-corrected chi connectivity index (χ2v) is 5.45. The van der Waals surface area contributed by atoms with Crippen LogP contribution in [0.25, 0.3) is 0 Å². The van der Waals surface area contributed by atoms with Crippen LogP contribution in [0.4, 0.5) is 5.95 Å². The Bertz CT molecular complexity index is 382. The van der Waals surface area contributed by atoms with Gasteiger partial charge in [-0.25, -0.2) is 5.10 Å². The molecule has 1 heterocycles. The van der Waals surface area contributed by atoms with Gasteiger partial charge in [-0.05, 0) is 12.3 Å². The first-order valence-corrected chi connectivity index (χ1v) is 7.71. The Hall–Kier alpha value is -1.24. The number of nitrogens with zero attached hydrogens (tertiary/aromatic N) is 2. The predicted molar refractivity (Wildman–Crippen MR) is 77.8 cm³/mol. The van der Waals surface area contributed by atoms with Gasteiger partial charge in [0.2, 0.25) is 17.0 Å². The molecule has 0 bridgehead atoms. The fourth-order valence-electron chi connectivity index (χ4n) is 1.71. The summed E-state index contributed by atoms with van der Waals surface area (Å²) in [5.41, 5.74) is 5.40. The van der Waals surface area contributed by atoms with Crippen molar-refractivity contribution < 1.29 is 4.79 Å². The number of unbranched alkanes of at least 4 members (excludes halogenated alkanes) is 1. The molecule has 0 aromatic carbocycles. The third-order valence-corrected chi connectivity index (χ3v) is 3.79. The highest BCUT2D eigenvalue weighted by molar-refractivity contribution is 7.99. The van der Waals surface area contributed by atoms with Gasteiger partial charge in [-0.1, -0.05) is 44.9 Å². The first-order chi connectivity index (χ1) is 9.15. The maximum Gasteiger partial charge on any atom is 0.230 e. The highest BCUT2D eigenvalue weighted by Gasteiger charge is 2.10. The summed E-state index contributed by atoms with van der Waals surface area (Å²) in [6, 6.07) is 0. The lowest BCUT2D eigenvalue weighted by Crippen LogP contribution is -2.30. The Kier molecular flexibility index (Phi) is 7.32. The number of nitrogen functional groups attached to an aromatic ring is 1. The molecule has 1 rings (SSSR count). The topological polar surface area (TPSA) is 96.7 Å². The number of rotatable bonds is 9. The molecule has 7 heteroatoms. The third kappa shape index (κ3) is 6.47. The van der Waals surface area contributed by atoms with Gasteiger partial charge in [0.25, 0.3) is 0 Å². The van der Waals surface area contributed by atoms with Crippen molar-refractivity contribution in [3.05, 3.63) is 0 Å². The average Bonchev–Trinajstić information content (AvgIpc) is 2.82. The molecule has 0 spiro atoms. The summed E-state index contributed by atoms with van der Waals surface area (Å²) in [6.45, 7) is 5.11. The molecule has 0 saturated heterocycles. The number of aromatic amines is 1. The highest BCUT2D eigenvalue weighted by atomic mass is 32.2. The Morgan fingerprint density at radius 1 is 1.53 bits per heavy atom. The largest absolute Gasteiger partial charge is 0.368 e. The summed E-state index contributed by atoms with van der Waals surface area (Å²) >= 11 is 1.28. The minimum atomic E-state index is 0.0170. The lowest BCUT2D eigenvalue weighted by Gasteiger charge is -2.14. The van der Waals surface area contributed by atoms with Crippen molar-refractivity contribution in [2.45, 2.75) is 44.7 Å². The first kappa shape index (κ1) is 15.8. The predicted octanol–water partition coefficient (Wildman–Crippen LogP) is 1.81. The van der Waals surface area contributed by atoms with Gasteiger partial charge in [0, 0.05) is 6.54 Å². The molecule has 1 aromatic heterocycles. The van der Waals surface area contributed by atoms with E-state index in [1.54, 1.807) is 0 Å². The van der Waals surface area contributed by atoms with Crippen molar-refractivity contribution in [2.75, 3.05) is 18.0 Å². The maximum atomic E-state index is 11.7. The molecular weight excluding hydrogens is 262 g/mol. The summed E-state index contributed by atoms with van der Waals surface area (Å²) in [5, 5.41) is 9.87. The Balaban J connectivity index is 2.19. The molecule has 0 aliphatic carbocycles. The van der Waals surface area contributed by atoms with Crippen LogP contribution in [-0.2, 0) is 4.79 Å². The van der Waals surface area contributed by atoms with E-state index in [0.29, 0.717) is 16.8 Å². The summed E-state index contributed by atoms with van der Waals surface area (Å²) in [7, 11) is 0. The number of anilines is 1. The van der Waals surface area contributed by atoms with E-state index >= 15 is 0 Å². The SMILES string of the molecule is CCCC[C@H](CC)CNC(=O)CSc1n[nH]c(N)n1. The van der Waals surface area contributed by atoms with Gasteiger partial charge in [-0.15, -0.1) is 5.10 Å². The van der Waals surface area contributed by atoms with Crippen LogP contribution in [0.1, 0.15) is 39.5 Å². The van der Waals surface area contributed by atoms with Gasteiger partial charge in [0.1, 0.15) is 0 Å². The summed E-state index contributed by atoms with van der Waals surface area (Å²) in [4.78, 5) is 15.6. The maximum absolute atomic E-state index is 11.7.